The van der Waals surface area contributed by atoms with Crippen LogP contribution in [-0.2, 0) is 0 Å². The molecular formula is C16H22N2O5. The van der Waals surface area contributed by atoms with E-state index in [1.807, 2.05) is 6.92 Å². The van der Waals surface area contributed by atoms with E-state index >= 15 is 0 Å². The topological polar surface area (TPSA) is 110 Å². The Morgan fingerprint density at radius 2 is 1.96 bits per heavy atom. The zero-order valence-corrected chi connectivity index (χ0v) is 13.4. The molecule has 1 atom stereocenters. The van der Waals surface area contributed by atoms with Crippen LogP contribution < -0.4 is 5.32 Å². The first kappa shape index (κ1) is 18.6. The first-order valence-corrected chi connectivity index (χ1v) is 7.73. The van der Waals surface area contributed by atoms with Gasteiger partial charge in [0.2, 0.25) is 0 Å². The molecule has 0 aliphatic rings. The SMILES string of the molecule is CCCCCC(CC)NC(=O)c1ccc([N+](=O)[O-])cc1C(=O)O. The number of rotatable bonds is 9. The Hall–Kier alpha value is -2.44. The molecular weight excluding hydrogens is 300 g/mol. The number of nitro groups is 1. The summed E-state index contributed by atoms with van der Waals surface area (Å²) in [6.45, 7) is 4.04. The van der Waals surface area contributed by atoms with Gasteiger partial charge in [0.05, 0.1) is 16.1 Å². The quantitative estimate of drug-likeness (QED) is 0.411. The molecule has 1 aromatic carbocycles. The van der Waals surface area contributed by atoms with E-state index in [0.29, 0.717) is 0 Å². The van der Waals surface area contributed by atoms with E-state index < -0.39 is 16.8 Å². The molecule has 1 rings (SSSR count). The molecule has 7 heteroatoms. The number of non-ortho nitro benzene ring substituents is 1. The maximum Gasteiger partial charge on any atom is 0.336 e. The Kier molecular flexibility index (Phi) is 7.18. The van der Waals surface area contributed by atoms with Gasteiger partial charge in [-0.2, -0.15) is 0 Å². The molecule has 7 nitrogen and oxygen atoms in total. The van der Waals surface area contributed by atoms with Crippen LogP contribution in [0.15, 0.2) is 18.2 Å². The van der Waals surface area contributed by atoms with Gasteiger partial charge in [-0.05, 0) is 18.9 Å². The van der Waals surface area contributed by atoms with Crippen LogP contribution in [-0.4, -0.2) is 27.9 Å². The normalized spacial score (nSPS) is 11.7. The predicted molar refractivity (Wildman–Crippen MR) is 85.7 cm³/mol. The summed E-state index contributed by atoms with van der Waals surface area (Å²) >= 11 is 0. The monoisotopic (exact) mass is 322 g/mol. The highest BCUT2D eigenvalue weighted by Crippen LogP contribution is 2.19. The molecule has 0 fully saturated rings. The highest BCUT2D eigenvalue weighted by Gasteiger charge is 2.21. The van der Waals surface area contributed by atoms with Gasteiger partial charge in [-0.3, -0.25) is 14.9 Å². The number of aromatic carboxylic acids is 1. The van der Waals surface area contributed by atoms with Gasteiger partial charge in [-0.15, -0.1) is 0 Å². The van der Waals surface area contributed by atoms with Crippen LogP contribution in [0.4, 0.5) is 5.69 Å². The average Bonchev–Trinajstić information content (AvgIpc) is 2.53. The number of nitrogens with one attached hydrogen (secondary N) is 1. The number of benzene rings is 1. The molecule has 0 aliphatic heterocycles. The van der Waals surface area contributed by atoms with Crippen LogP contribution in [0, 0.1) is 10.1 Å². The fourth-order valence-corrected chi connectivity index (χ4v) is 2.30. The lowest BCUT2D eigenvalue weighted by atomic mass is 10.0. The smallest absolute Gasteiger partial charge is 0.336 e. The van der Waals surface area contributed by atoms with Gasteiger partial charge in [0, 0.05) is 18.2 Å². The number of carbonyl (C=O) groups is 2. The lowest BCUT2D eigenvalue weighted by Crippen LogP contribution is -2.35. The van der Waals surface area contributed by atoms with Gasteiger partial charge < -0.3 is 10.4 Å². The lowest BCUT2D eigenvalue weighted by molar-refractivity contribution is -0.384. The van der Waals surface area contributed by atoms with Gasteiger partial charge in [-0.1, -0.05) is 33.1 Å². The molecule has 0 aliphatic carbocycles. The number of nitro benzene ring substituents is 1. The van der Waals surface area contributed by atoms with Gasteiger partial charge in [-0.25, -0.2) is 4.79 Å². The second-order valence-electron chi connectivity index (χ2n) is 5.37. The van der Waals surface area contributed by atoms with Crippen molar-refractivity contribution >= 4 is 17.6 Å². The van der Waals surface area contributed by atoms with Crippen LogP contribution in [0.25, 0.3) is 0 Å². The van der Waals surface area contributed by atoms with Crippen LogP contribution in [0.2, 0.25) is 0 Å². The lowest BCUT2D eigenvalue weighted by Gasteiger charge is -2.17. The Bertz CT molecular complexity index is 586. The number of hydrogen-bond acceptors (Lipinski definition) is 4. The summed E-state index contributed by atoms with van der Waals surface area (Å²) < 4.78 is 0. The summed E-state index contributed by atoms with van der Waals surface area (Å²) in [6.07, 6.45) is 4.71. The Morgan fingerprint density at radius 1 is 1.26 bits per heavy atom. The first-order valence-electron chi connectivity index (χ1n) is 7.73. The van der Waals surface area contributed by atoms with Crippen molar-refractivity contribution in [3.63, 3.8) is 0 Å². The molecule has 23 heavy (non-hydrogen) atoms. The van der Waals surface area contributed by atoms with E-state index in [-0.39, 0.29) is 22.9 Å². The van der Waals surface area contributed by atoms with Gasteiger partial charge >= 0.3 is 5.97 Å². The van der Waals surface area contributed by atoms with Crippen LogP contribution >= 0.6 is 0 Å². The highest BCUT2D eigenvalue weighted by molar-refractivity contribution is 6.05. The van der Waals surface area contributed by atoms with Gasteiger partial charge in [0.25, 0.3) is 11.6 Å². The highest BCUT2D eigenvalue weighted by atomic mass is 16.6. The zero-order chi connectivity index (χ0) is 17.4. The van der Waals surface area contributed by atoms with E-state index in [2.05, 4.69) is 12.2 Å². The largest absolute Gasteiger partial charge is 0.478 e. The van der Waals surface area contributed by atoms with Gasteiger partial charge in [0.1, 0.15) is 0 Å². The summed E-state index contributed by atoms with van der Waals surface area (Å²) in [7, 11) is 0. The fourth-order valence-electron chi connectivity index (χ4n) is 2.30. The van der Waals surface area contributed by atoms with E-state index in [1.165, 1.54) is 6.07 Å². The maximum absolute atomic E-state index is 12.3. The third-order valence-corrected chi connectivity index (χ3v) is 3.67. The van der Waals surface area contributed by atoms with Crippen LogP contribution in [0.5, 0.6) is 0 Å². The maximum atomic E-state index is 12.3. The second-order valence-corrected chi connectivity index (χ2v) is 5.37. The Morgan fingerprint density at radius 3 is 2.48 bits per heavy atom. The number of carboxylic acids is 1. The minimum Gasteiger partial charge on any atom is -0.478 e. The standard InChI is InChI=1S/C16H22N2O5/c1-3-5-6-7-11(4-2)17-15(19)13-9-8-12(18(22)23)10-14(13)16(20)21/h8-11H,3-7H2,1-2H3,(H,17,19)(H,20,21). The number of carboxylic acid groups (broad SMARTS) is 1. The third-order valence-electron chi connectivity index (χ3n) is 3.67. The molecule has 0 spiro atoms. The first-order chi connectivity index (χ1) is 10.9. The van der Waals surface area contributed by atoms with E-state index in [9.17, 15) is 24.8 Å². The van der Waals surface area contributed by atoms with Crippen LogP contribution in [0.3, 0.4) is 0 Å². The molecule has 2 N–H and O–H groups in total. The van der Waals surface area contributed by atoms with Crippen molar-refractivity contribution in [1.29, 1.82) is 0 Å². The van der Waals surface area contributed by atoms with Crippen molar-refractivity contribution < 1.29 is 19.6 Å². The number of carbonyl (C=O) groups excluding carboxylic acids is 1. The molecule has 1 unspecified atom stereocenters. The zero-order valence-electron chi connectivity index (χ0n) is 13.4. The summed E-state index contributed by atoms with van der Waals surface area (Å²) in [4.78, 5) is 33.6. The molecule has 0 aromatic heterocycles. The molecule has 0 heterocycles. The fraction of sp³-hybridized carbons (Fsp3) is 0.500. The summed E-state index contributed by atoms with van der Waals surface area (Å²) in [5.41, 5.74) is -0.772. The van der Waals surface area contributed by atoms with Crippen molar-refractivity contribution in [3.05, 3.63) is 39.4 Å². The molecule has 126 valence electrons. The second kappa shape index (κ2) is 8.87. The summed E-state index contributed by atoms with van der Waals surface area (Å²) in [6, 6.07) is 3.20. The minimum absolute atomic E-state index is 0.0362. The Labute approximate surface area is 134 Å². The van der Waals surface area contributed by atoms with Crippen molar-refractivity contribution in [3.8, 4) is 0 Å². The summed E-state index contributed by atoms with van der Waals surface area (Å²) in [5, 5.41) is 22.7. The van der Waals surface area contributed by atoms with Crippen molar-refractivity contribution in [2.75, 3.05) is 0 Å². The molecule has 0 radical (unpaired) electrons. The molecule has 1 aromatic rings. The van der Waals surface area contributed by atoms with Crippen LogP contribution in [0.1, 0.15) is 66.7 Å². The summed E-state index contributed by atoms with van der Waals surface area (Å²) in [5.74, 6) is -1.88. The number of unbranched alkanes of at least 4 members (excludes halogenated alkanes) is 2. The molecule has 1 amide bonds. The van der Waals surface area contributed by atoms with Crippen molar-refractivity contribution in [2.24, 2.45) is 0 Å². The van der Waals surface area contributed by atoms with Gasteiger partial charge in [0.15, 0.2) is 0 Å². The molecule has 0 saturated heterocycles. The van der Waals surface area contributed by atoms with Crippen molar-refractivity contribution in [2.45, 2.75) is 52.0 Å². The number of nitrogens with zero attached hydrogens (tertiary/aromatic N) is 1. The van der Waals surface area contributed by atoms with E-state index in [4.69, 9.17) is 0 Å². The molecule has 0 saturated carbocycles. The number of amides is 1. The molecule has 0 bridgehead atoms. The predicted octanol–water partition coefficient (Wildman–Crippen LogP) is 3.38. The number of hydrogen-bond donors (Lipinski definition) is 2. The average molecular weight is 322 g/mol. The van der Waals surface area contributed by atoms with E-state index in [0.717, 1.165) is 44.2 Å². The van der Waals surface area contributed by atoms with E-state index in [1.54, 1.807) is 0 Å². The van der Waals surface area contributed by atoms with Crippen molar-refractivity contribution in [1.82, 2.24) is 5.32 Å². The third kappa shape index (κ3) is 5.36. The Balaban J connectivity index is 2.93. The minimum atomic E-state index is -1.36.